The first kappa shape index (κ1) is 31.1. The second-order valence-corrected chi connectivity index (χ2v) is 10.9. The van der Waals surface area contributed by atoms with Crippen LogP contribution in [0.3, 0.4) is 0 Å². The summed E-state index contributed by atoms with van der Waals surface area (Å²) >= 11 is 0. The van der Waals surface area contributed by atoms with Crippen molar-refractivity contribution >= 4 is 23.9 Å². The number of hydrogen-bond donors (Lipinski definition) is 1. The molecule has 0 spiro atoms. The van der Waals surface area contributed by atoms with Gasteiger partial charge in [-0.1, -0.05) is 75.8 Å². The number of aliphatic carboxylic acids is 1. The monoisotopic (exact) mass is 532 g/mol. The molecule has 0 unspecified atom stereocenters. The summed E-state index contributed by atoms with van der Waals surface area (Å²) in [7, 11) is 0. The number of unbranched alkanes of at least 4 members (excludes halogenated alkanes) is 5. The molecule has 2 atom stereocenters. The van der Waals surface area contributed by atoms with Crippen LogP contribution in [-0.4, -0.2) is 57.3 Å². The topological polar surface area (TPSA) is 113 Å². The molecule has 9 heteroatoms. The maximum atomic E-state index is 13.9. The molecule has 9 nitrogen and oxygen atoms in total. The zero-order valence-corrected chi connectivity index (χ0v) is 23.3. The molecular weight excluding hydrogens is 488 g/mol. The first-order chi connectivity index (χ1) is 18.0. The molecule has 0 aromatic heterocycles. The maximum absolute atomic E-state index is 13.9. The quantitative estimate of drug-likeness (QED) is 0.255. The number of benzene rings is 1. The van der Waals surface area contributed by atoms with Crippen molar-refractivity contribution in [1.82, 2.24) is 10.0 Å². The largest absolute Gasteiger partial charge is 0.481 e. The van der Waals surface area contributed by atoms with Crippen LogP contribution in [0.1, 0.15) is 97.5 Å². The van der Waals surface area contributed by atoms with E-state index in [-0.39, 0.29) is 19.6 Å². The Hall–Kier alpha value is -3.10. The smallest absolute Gasteiger partial charge is 0.429 e. The second kappa shape index (κ2) is 15.3. The Bertz CT molecular complexity index is 913. The average molecular weight is 533 g/mol. The Labute approximate surface area is 226 Å². The van der Waals surface area contributed by atoms with Crippen LogP contribution in [0.15, 0.2) is 30.3 Å². The highest BCUT2D eigenvalue weighted by Crippen LogP contribution is 2.28. The zero-order valence-electron chi connectivity index (χ0n) is 23.3. The lowest BCUT2D eigenvalue weighted by molar-refractivity contribution is -0.183. The molecule has 0 saturated carbocycles. The number of carbonyl (C=O) groups excluding carboxylic acids is 3. The Morgan fingerprint density at radius 3 is 2.32 bits per heavy atom. The Balaban J connectivity index is 2.26. The van der Waals surface area contributed by atoms with Crippen molar-refractivity contribution in [3.8, 4) is 0 Å². The Morgan fingerprint density at radius 2 is 1.68 bits per heavy atom. The normalized spacial score (nSPS) is 16.6. The highest BCUT2D eigenvalue weighted by Gasteiger charge is 2.44. The number of ether oxygens (including phenoxy) is 2. The number of nitrogens with zero attached hydrogens (tertiary/aromatic N) is 2. The van der Waals surface area contributed by atoms with Crippen LogP contribution in [0.4, 0.5) is 4.79 Å². The summed E-state index contributed by atoms with van der Waals surface area (Å²) in [4.78, 5) is 51.9. The van der Waals surface area contributed by atoms with Crippen molar-refractivity contribution in [3.63, 3.8) is 0 Å². The maximum Gasteiger partial charge on any atom is 0.429 e. The summed E-state index contributed by atoms with van der Waals surface area (Å²) in [5.41, 5.74) is -0.00725. The fraction of sp³-hybridized carbons (Fsp3) is 0.655. The molecule has 2 amide bonds. The van der Waals surface area contributed by atoms with Gasteiger partial charge in [-0.15, -0.1) is 0 Å². The summed E-state index contributed by atoms with van der Waals surface area (Å²) < 4.78 is 11.1. The van der Waals surface area contributed by atoms with Gasteiger partial charge in [-0.2, -0.15) is 0 Å². The minimum Gasteiger partial charge on any atom is -0.481 e. The standard InChI is InChI=1S/C29H44N2O7/c1-5-6-7-8-9-13-17-23(20-25(32)33)26(34)31-24(27(35)38-29(2,3)4)18-14-19-30(31)28(36)37-21-22-15-11-10-12-16-22/h10-12,15-16,23-24H,5-9,13-14,17-21H2,1-4H3,(H,32,33)/t23-,24+/m1/s1. The summed E-state index contributed by atoms with van der Waals surface area (Å²) in [6, 6.07) is 8.11. The van der Waals surface area contributed by atoms with Crippen LogP contribution in [-0.2, 0) is 30.5 Å². The van der Waals surface area contributed by atoms with E-state index in [2.05, 4.69) is 6.92 Å². The molecule has 1 heterocycles. The zero-order chi connectivity index (χ0) is 28.1. The van der Waals surface area contributed by atoms with Crippen LogP contribution < -0.4 is 0 Å². The summed E-state index contributed by atoms with van der Waals surface area (Å²) in [6.07, 6.45) is 5.96. The fourth-order valence-electron chi connectivity index (χ4n) is 4.55. The van der Waals surface area contributed by atoms with Gasteiger partial charge in [-0.05, 0) is 45.6 Å². The van der Waals surface area contributed by atoms with Crippen LogP contribution in [0, 0.1) is 5.92 Å². The van der Waals surface area contributed by atoms with E-state index in [0.29, 0.717) is 25.7 Å². The lowest BCUT2D eigenvalue weighted by Crippen LogP contribution is -2.62. The van der Waals surface area contributed by atoms with E-state index in [0.717, 1.165) is 47.7 Å². The van der Waals surface area contributed by atoms with Crippen molar-refractivity contribution < 1.29 is 33.8 Å². The molecule has 1 aliphatic heterocycles. The van der Waals surface area contributed by atoms with Crippen LogP contribution >= 0.6 is 0 Å². The van der Waals surface area contributed by atoms with E-state index in [1.807, 2.05) is 30.3 Å². The number of amides is 2. The van der Waals surface area contributed by atoms with Gasteiger partial charge in [-0.3, -0.25) is 9.59 Å². The summed E-state index contributed by atoms with van der Waals surface area (Å²) in [5.74, 6) is -3.15. The van der Waals surface area contributed by atoms with E-state index in [4.69, 9.17) is 9.47 Å². The molecule has 1 aromatic rings. The van der Waals surface area contributed by atoms with Crippen molar-refractivity contribution in [2.45, 2.75) is 110 Å². The summed E-state index contributed by atoms with van der Waals surface area (Å²) in [6.45, 7) is 7.52. The SMILES string of the molecule is CCCCCCCC[C@H](CC(=O)O)C(=O)N1[C@H](C(=O)OC(C)(C)C)CCCN1C(=O)OCc1ccccc1. The number of hydrazine groups is 1. The molecule has 1 N–H and O–H groups in total. The van der Waals surface area contributed by atoms with E-state index < -0.39 is 41.5 Å². The molecule has 2 rings (SSSR count). The van der Waals surface area contributed by atoms with Gasteiger partial charge in [0, 0.05) is 6.54 Å². The van der Waals surface area contributed by atoms with Gasteiger partial charge in [0.1, 0.15) is 12.2 Å². The van der Waals surface area contributed by atoms with E-state index in [1.165, 1.54) is 0 Å². The molecule has 1 saturated heterocycles. The number of hydrogen-bond acceptors (Lipinski definition) is 6. The van der Waals surface area contributed by atoms with Crippen molar-refractivity contribution in [2.75, 3.05) is 6.54 Å². The van der Waals surface area contributed by atoms with Gasteiger partial charge in [0.15, 0.2) is 6.04 Å². The van der Waals surface area contributed by atoms with E-state index >= 15 is 0 Å². The number of carbonyl (C=O) groups is 4. The first-order valence-corrected chi connectivity index (χ1v) is 13.8. The molecule has 1 fully saturated rings. The molecule has 212 valence electrons. The molecule has 0 aliphatic carbocycles. The second-order valence-electron chi connectivity index (χ2n) is 10.9. The Kier molecular flexibility index (Phi) is 12.6. The van der Waals surface area contributed by atoms with E-state index in [9.17, 15) is 24.3 Å². The average Bonchev–Trinajstić information content (AvgIpc) is 2.87. The molecular formula is C29H44N2O7. The molecule has 38 heavy (non-hydrogen) atoms. The third kappa shape index (κ3) is 10.3. The van der Waals surface area contributed by atoms with E-state index in [1.54, 1.807) is 20.8 Å². The van der Waals surface area contributed by atoms with Gasteiger partial charge in [-0.25, -0.2) is 19.6 Å². The Morgan fingerprint density at radius 1 is 1.03 bits per heavy atom. The molecule has 1 aliphatic rings. The third-order valence-electron chi connectivity index (χ3n) is 6.40. The van der Waals surface area contributed by atoms with Crippen LogP contribution in [0.2, 0.25) is 0 Å². The number of carboxylic acid groups (broad SMARTS) is 1. The van der Waals surface area contributed by atoms with Crippen molar-refractivity contribution in [3.05, 3.63) is 35.9 Å². The molecule has 0 radical (unpaired) electrons. The number of rotatable bonds is 13. The highest BCUT2D eigenvalue weighted by molar-refractivity contribution is 5.89. The molecule has 1 aromatic carbocycles. The third-order valence-corrected chi connectivity index (χ3v) is 6.40. The van der Waals surface area contributed by atoms with Crippen LogP contribution in [0.5, 0.6) is 0 Å². The van der Waals surface area contributed by atoms with Gasteiger partial charge in [0.25, 0.3) is 0 Å². The predicted molar refractivity (Wildman–Crippen MR) is 143 cm³/mol. The lowest BCUT2D eigenvalue weighted by Gasteiger charge is -2.43. The minimum absolute atomic E-state index is 0.00558. The van der Waals surface area contributed by atoms with Gasteiger partial charge in [0.05, 0.1) is 12.3 Å². The van der Waals surface area contributed by atoms with Gasteiger partial charge >= 0.3 is 18.0 Å². The van der Waals surface area contributed by atoms with Crippen molar-refractivity contribution in [1.29, 1.82) is 0 Å². The number of esters is 1. The first-order valence-electron chi connectivity index (χ1n) is 13.8. The predicted octanol–water partition coefficient (Wildman–Crippen LogP) is 5.71. The summed E-state index contributed by atoms with van der Waals surface area (Å²) in [5, 5.41) is 11.8. The molecule has 0 bridgehead atoms. The van der Waals surface area contributed by atoms with Crippen LogP contribution in [0.25, 0.3) is 0 Å². The van der Waals surface area contributed by atoms with Gasteiger partial charge < -0.3 is 14.6 Å². The van der Waals surface area contributed by atoms with Gasteiger partial charge in [0.2, 0.25) is 5.91 Å². The lowest BCUT2D eigenvalue weighted by atomic mass is 9.94. The highest BCUT2D eigenvalue weighted by atomic mass is 16.6. The van der Waals surface area contributed by atoms with Crippen molar-refractivity contribution in [2.24, 2.45) is 5.92 Å². The number of carboxylic acids is 1. The fourth-order valence-corrected chi connectivity index (χ4v) is 4.55. The minimum atomic E-state index is -1.10.